The zero-order chi connectivity index (χ0) is 16.2. The topological polar surface area (TPSA) is 36.7 Å². The molecule has 1 aromatic heterocycles. The van der Waals surface area contributed by atoms with Crippen LogP contribution in [-0.2, 0) is 6.42 Å². The van der Waals surface area contributed by atoms with Gasteiger partial charge in [0.15, 0.2) is 0 Å². The summed E-state index contributed by atoms with van der Waals surface area (Å²) in [4.78, 5) is 4.39. The summed E-state index contributed by atoms with van der Waals surface area (Å²) in [5.74, 6) is -0.625. The first-order valence-electron chi connectivity index (χ1n) is 7.05. The van der Waals surface area contributed by atoms with E-state index in [0.29, 0.717) is 5.69 Å². The molecule has 0 spiro atoms. The Kier molecular flexibility index (Phi) is 4.11. The summed E-state index contributed by atoms with van der Waals surface area (Å²) in [5.41, 5.74) is 3.83. The lowest BCUT2D eigenvalue weighted by Crippen LogP contribution is -1.94. The van der Waals surface area contributed by atoms with Crippen molar-refractivity contribution in [3.63, 3.8) is 0 Å². The van der Waals surface area contributed by atoms with Gasteiger partial charge in [0.1, 0.15) is 11.6 Å². The zero-order valence-corrected chi connectivity index (χ0v) is 12.1. The van der Waals surface area contributed by atoms with Crippen molar-refractivity contribution in [2.75, 3.05) is 0 Å². The number of aromatic nitrogens is 1. The minimum absolute atomic E-state index is 0.212. The first kappa shape index (κ1) is 14.9. The fourth-order valence-electron chi connectivity index (χ4n) is 2.40. The molecule has 4 heteroatoms. The second-order valence-electron chi connectivity index (χ2n) is 5.08. The van der Waals surface area contributed by atoms with Crippen LogP contribution >= 0.6 is 0 Å². The first-order valence-corrected chi connectivity index (χ1v) is 7.05. The normalized spacial score (nSPS) is 10.3. The maximum Gasteiger partial charge on any atom is 0.123 e. The van der Waals surface area contributed by atoms with Crippen LogP contribution in [0.4, 0.5) is 8.78 Å². The van der Waals surface area contributed by atoms with E-state index in [4.69, 9.17) is 5.26 Å². The Balaban J connectivity index is 2.06. The third-order valence-corrected chi connectivity index (χ3v) is 3.55. The number of pyridine rings is 1. The number of benzene rings is 2. The van der Waals surface area contributed by atoms with Crippen molar-refractivity contribution in [1.82, 2.24) is 4.98 Å². The molecule has 0 aliphatic heterocycles. The number of nitriles is 1. The SMILES string of the molecule is N#CCc1cc(-c2ccc(F)cc2)ncc1-c1ccc(F)cc1. The smallest absolute Gasteiger partial charge is 0.123 e. The van der Waals surface area contributed by atoms with E-state index >= 15 is 0 Å². The Bertz CT molecular complexity index is 863. The molecular weight excluding hydrogens is 294 g/mol. The molecule has 0 saturated heterocycles. The molecule has 3 rings (SSSR count). The summed E-state index contributed by atoms with van der Waals surface area (Å²) in [5, 5.41) is 9.05. The van der Waals surface area contributed by atoms with Crippen LogP contribution in [0.1, 0.15) is 5.56 Å². The van der Waals surface area contributed by atoms with E-state index in [9.17, 15) is 8.78 Å². The van der Waals surface area contributed by atoms with E-state index in [2.05, 4.69) is 11.1 Å². The van der Waals surface area contributed by atoms with Crippen LogP contribution < -0.4 is 0 Å². The Morgan fingerprint density at radius 2 is 1.43 bits per heavy atom. The van der Waals surface area contributed by atoms with Crippen molar-refractivity contribution in [3.05, 3.63) is 78.0 Å². The van der Waals surface area contributed by atoms with Gasteiger partial charge in [-0.3, -0.25) is 4.98 Å². The van der Waals surface area contributed by atoms with E-state index < -0.39 is 0 Å². The second-order valence-corrected chi connectivity index (χ2v) is 5.08. The van der Waals surface area contributed by atoms with Crippen molar-refractivity contribution in [3.8, 4) is 28.5 Å². The molecule has 2 nitrogen and oxygen atoms in total. The largest absolute Gasteiger partial charge is 0.256 e. The van der Waals surface area contributed by atoms with Crippen LogP contribution in [0.25, 0.3) is 22.4 Å². The maximum absolute atomic E-state index is 13.1. The molecule has 23 heavy (non-hydrogen) atoms. The first-order chi connectivity index (χ1) is 11.2. The van der Waals surface area contributed by atoms with Gasteiger partial charge in [-0.25, -0.2) is 8.78 Å². The molecule has 0 aliphatic rings. The van der Waals surface area contributed by atoms with E-state index in [1.807, 2.05) is 6.07 Å². The van der Waals surface area contributed by atoms with E-state index in [1.54, 1.807) is 30.5 Å². The van der Waals surface area contributed by atoms with Crippen LogP contribution in [0, 0.1) is 23.0 Å². The molecule has 0 aliphatic carbocycles. The third-order valence-electron chi connectivity index (χ3n) is 3.55. The molecule has 0 unspecified atom stereocenters. The van der Waals surface area contributed by atoms with Crippen molar-refractivity contribution in [2.24, 2.45) is 0 Å². The average Bonchev–Trinajstić information content (AvgIpc) is 2.57. The number of halogens is 2. The summed E-state index contributed by atoms with van der Waals surface area (Å²) >= 11 is 0. The van der Waals surface area contributed by atoms with Gasteiger partial charge in [-0.15, -0.1) is 0 Å². The molecule has 0 atom stereocenters. The van der Waals surface area contributed by atoms with Gasteiger partial charge in [-0.1, -0.05) is 12.1 Å². The summed E-state index contributed by atoms with van der Waals surface area (Å²) in [6, 6.07) is 16.0. The quantitative estimate of drug-likeness (QED) is 0.699. The summed E-state index contributed by atoms with van der Waals surface area (Å²) in [7, 11) is 0. The van der Waals surface area contributed by atoms with Crippen LogP contribution in [0.5, 0.6) is 0 Å². The fraction of sp³-hybridized carbons (Fsp3) is 0.0526. The number of rotatable bonds is 3. The van der Waals surface area contributed by atoms with E-state index in [1.165, 1.54) is 24.3 Å². The molecule has 0 N–H and O–H groups in total. The Hall–Kier alpha value is -3.06. The Labute approximate surface area is 132 Å². The summed E-state index contributed by atoms with van der Waals surface area (Å²) in [6.45, 7) is 0. The van der Waals surface area contributed by atoms with Crippen molar-refractivity contribution in [2.45, 2.75) is 6.42 Å². The fourth-order valence-corrected chi connectivity index (χ4v) is 2.40. The monoisotopic (exact) mass is 306 g/mol. The maximum atomic E-state index is 13.1. The van der Waals surface area contributed by atoms with E-state index in [-0.39, 0.29) is 18.1 Å². The van der Waals surface area contributed by atoms with Gasteiger partial charge in [0.05, 0.1) is 18.2 Å². The van der Waals surface area contributed by atoms with Crippen LogP contribution in [0.2, 0.25) is 0 Å². The third kappa shape index (κ3) is 3.24. The molecule has 0 saturated carbocycles. The molecule has 0 bridgehead atoms. The van der Waals surface area contributed by atoms with Gasteiger partial charge in [-0.05, 0) is 53.6 Å². The highest BCUT2D eigenvalue weighted by molar-refractivity contribution is 5.71. The molecular formula is C19H12F2N2. The van der Waals surface area contributed by atoms with Gasteiger partial charge < -0.3 is 0 Å². The van der Waals surface area contributed by atoms with Crippen molar-refractivity contribution < 1.29 is 8.78 Å². The number of nitrogens with zero attached hydrogens (tertiary/aromatic N) is 2. The van der Waals surface area contributed by atoms with Gasteiger partial charge >= 0.3 is 0 Å². The number of hydrogen-bond acceptors (Lipinski definition) is 2. The predicted molar refractivity (Wildman–Crippen MR) is 84.3 cm³/mol. The molecule has 3 aromatic rings. The molecule has 0 fully saturated rings. The summed E-state index contributed by atoms with van der Waals surface area (Å²) in [6.07, 6.45) is 1.88. The van der Waals surface area contributed by atoms with Crippen LogP contribution in [0.15, 0.2) is 60.8 Å². The van der Waals surface area contributed by atoms with Gasteiger partial charge in [-0.2, -0.15) is 5.26 Å². The Morgan fingerprint density at radius 3 is 2.00 bits per heavy atom. The minimum Gasteiger partial charge on any atom is -0.256 e. The van der Waals surface area contributed by atoms with Crippen LogP contribution in [-0.4, -0.2) is 4.98 Å². The molecule has 0 amide bonds. The highest BCUT2D eigenvalue weighted by Crippen LogP contribution is 2.27. The predicted octanol–water partition coefficient (Wildman–Crippen LogP) is 4.76. The Morgan fingerprint density at radius 1 is 0.870 bits per heavy atom. The minimum atomic E-state index is -0.313. The van der Waals surface area contributed by atoms with Crippen LogP contribution in [0.3, 0.4) is 0 Å². The second kappa shape index (κ2) is 6.37. The van der Waals surface area contributed by atoms with E-state index in [0.717, 1.165) is 22.3 Å². The van der Waals surface area contributed by atoms with Gasteiger partial charge in [0.2, 0.25) is 0 Å². The molecule has 0 radical (unpaired) electrons. The lowest BCUT2D eigenvalue weighted by atomic mass is 9.98. The highest BCUT2D eigenvalue weighted by atomic mass is 19.1. The standard InChI is InChI=1S/C19H12F2N2/c20-16-5-1-13(2-6-16)18-12-23-19(11-15(18)9-10-22)14-3-7-17(21)8-4-14/h1-8,11-12H,9H2. The molecule has 2 aromatic carbocycles. The molecule has 112 valence electrons. The van der Waals surface area contributed by atoms with Crippen molar-refractivity contribution >= 4 is 0 Å². The molecule has 1 heterocycles. The van der Waals surface area contributed by atoms with Gasteiger partial charge in [0.25, 0.3) is 0 Å². The van der Waals surface area contributed by atoms with Crippen molar-refractivity contribution in [1.29, 1.82) is 5.26 Å². The van der Waals surface area contributed by atoms with Gasteiger partial charge in [0, 0.05) is 17.3 Å². The lowest BCUT2D eigenvalue weighted by Gasteiger charge is -2.10. The lowest BCUT2D eigenvalue weighted by molar-refractivity contribution is 0.627. The summed E-state index contributed by atoms with van der Waals surface area (Å²) < 4.78 is 26.1. The zero-order valence-electron chi connectivity index (χ0n) is 12.1. The average molecular weight is 306 g/mol. The highest BCUT2D eigenvalue weighted by Gasteiger charge is 2.09. The number of hydrogen-bond donors (Lipinski definition) is 0.